The molecular weight excluding hydrogens is 360 g/mol. The highest BCUT2D eigenvalue weighted by Gasteiger charge is 2.30. The normalized spacial score (nSPS) is 18.0. The van der Waals surface area contributed by atoms with Gasteiger partial charge < -0.3 is 15.0 Å². The van der Waals surface area contributed by atoms with E-state index in [9.17, 15) is 9.59 Å². The predicted molar refractivity (Wildman–Crippen MR) is 110 cm³/mol. The van der Waals surface area contributed by atoms with Gasteiger partial charge >= 0.3 is 5.97 Å². The van der Waals surface area contributed by atoms with E-state index in [1.807, 2.05) is 45.6 Å². The number of hydrogen-bond acceptors (Lipinski definition) is 5. The Labute approximate surface area is 166 Å². The van der Waals surface area contributed by atoms with Crippen molar-refractivity contribution in [3.8, 4) is 11.8 Å². The van der Waals surface area contributed by atoms with Gasteiger partial charge in [0.2, 0.25) is 5.91 Å². The minimum atomic E-state index is -0.409. The number of anilines is 1. The van der Waals surface area contributed by atoms with E-state index in [-0.39, 0.29) is 23.4 Å². The van der Waals surface area contributed by atoms with E-state index in [1.54, 1.807) is 0 Å². The van der Waals surface area contributed by atoms with Crippen molar-refractivity contribution in [2.45, 2.75) is 66.0 Å². The van der Waals surface area contributed by atoms with E-state index in [2.05, 4.69) is 17.2 Å². The van der Waals surface area contributed by atoms with Crippen LogP contribution < -0.4 is 5.32 Å². The van der Waals surface area contributed by atoms with Gasteiger partial charge in [0.15, 0.2) is 0 Å². The Balaban J connectivity index is 2.32. The summed E-state index contributed by atoms with van der Waals surface area (Å²) < 4.78 is 4.92. The highest BCUT2D eigenvalue weighted by atomic mass is 32.1. The van der Waals surface area contributed by atoms with E-state index in [4.69, 9.17) is 4.74 Å². The molecule has 1 aromatic rings. The Morgan fingerprint density at radius 1 is 1.37 bits per heavy atom. The maximum absolute atomic E-state index is 12.9. The number of rotatable bonds is 4. The van der Waals surface area contributed by atoms with Crippen molar-refractivity contribution >= 4 is 28.9 Å². The summed E-state index contributed by atoms with van der Waals surface area (Å²) in [7, 11) is 1.36. The third kappa shape index (κ3) is 5.74. The molecule has 27 heavy (non-hydrogen) atoms. The van der Waals surface area contributed by atoms with Crippen molar-refractivity contribution in [2.75, 3.05) is 19.0 Å². The number of methoxy groups -OCH3 is 1. The number of nitrogens with zero attached hydrogens (tertiary/aromatic N) is 1. The first-order chi connectivity index (χ1) is 12.6. The molecule has 148 valence electrons. The Morgan fingerprint density at radius 3 is 2.67 bits per heavy atom. The number of esters is 1. The van der Waals surface area contributed by atoms with Crippen molar-refractivity contribution in [3.05, 3.63) is 15.8 Å². The van der Waals surface area contributed by atoms with Gasteiger partial charge in [-0.15, -0.1) is 11.3 Å². The molecule has 1 N–H and O–H groups in total. The second kappa shape index (κ2) is 8.79. The molecule has 0 aliphatic carbocycles. The largest absolute Gasteiger partial charge is 0.465 e. The molecule has 2 heterocycles. The molecule has 1 unspecified atom stereocenters. The van der Waals surface area contributed by atoms with Crippen LogP contribution in [0.15, 0.2) is 6.07 Å². The lowest BCUT2D eigenvalue weighted by atomic mass is 9.98. The molecule has 5 nitrogen and oxygen atoms in total. The zero-order valence-electron chi connectivity index (χ0n) is 17.1. The molecule has 2 rings (SSSR count). The van der Waals surface area contributed by atoms with Gasteiger partial charge in [-0.3, -0.25) is 4.79 Å². The number of carbonyl (C=O) groups excluding carboxylic acids is 2. The zero-order chi connectivity index (χ0) is 20.2. The zero-order valence-corrected chi connectivity index (χ0v) is 18.0. The van der Waals surface area contributed by atoms with Crippen molar-refractivity contribution in [1.82, 2.24) is 4.90 Å². The van der Waals surface area contributed by atoms with Crippen molar-refractivity contribution in [1.29, 1.82) is 0 Å². The SMILES string of the molecule is COC(=O)c1sc(C#CC(C)(C)C)cc1NC1CCCCN(C(C)C)C1=O. The van der Waals surface area contributed by atoms with Gasteiger partial charge in [-0.05, 0) is 59.9 Å². The molecule has 1 amide bonds. The number of amides is 1. The molecule has 0 saturated carbocycles. The van der Waals surface area contributed by atoms with E-state index in [1.165, 1.54) is 18.4 Å². The number of thiophene rings is 1. The molecule has 6 heteroatoms. The molecule has 0 spiro atoms. The van der Waals surface area contributed by atoms with Gasteiger partial charge in [0, 0.05) is 18.0 Å². The summed E-state index contributed by atoms with van der Waals surface area (Å²) in [6.07, 6.45) is 2.72. The smallest absolute Gasteiger partial charge is 0.350 e. The fourth-order valence-corrected chi connectivity index (χ4v) is 3.85. The Hall–Kier alpha value is -2.00. The lowest BCUT2D eigenvalue weighted by Crippen LogP contribution is -2.45. The molecule has 0 radical (unpaired) electrons. The molecular formula is C21H30N2O3S. The van der Waals surface area contributed by atoms with Crippen LogP contribution in [0.4, 0.5) is 5.69 Å². The summed E-state index contributed by atoms with van der Waals surface area (Å²) in [5.74, 6) is 6.00. The van der Waals surface area contributed by atoms with E-state index in [0.717, 1.165) is 30.7 Å². The summed E-state index contributed by atoms with van der Waals surface area (Å²) in [6.45, 7) is 11.0. The van der Waals surface area contributed by atoms with Crippen LogP contribution in [-0.4, -0.2) is 42.5 Å². The van der Waals surface area contributed by atoms with Crippen molar-refractivity contribution < 1.29 is 14.3 Å². The lowest BCUT2D eigenvalue weighted by Gasteiger charge is -2.28. The quantitative estimate of drug-likeness (QED) is 0.620. The van der Waals surface area contributed by atoms with Crippen LogP contribution >= 0.6 is 11.3 Å². The maximum Gasteiger partial charge on any atom is 0.350 e. The topological polar surface area (TPSA) is 58.6 Å². The standard InChI is InChI=1S/C21H30N2O3S/c1-14(2)23-12-8-7-9-16(19(23)24)22-17-13-15(10-11-21(3,4)5)27-18(17)20(25)26-6/h13-14,16,22H,7-9,12H2,1-6H3. The summed E-state index contributed by atoms with van der Waals surface area (Å²) in [5, 5.41) is 3.31. The van der Waals surface area contributed by atoms with Crippen LogP contribution in [0.2, 0.25) is 0 Å². The Bertz CT molecular complexity index is 750. The molecule has 1 aliphatic heterocycles. The minimum Gasteiger partial charge on any atom is -0.465 e. The molecule has 1 aromatic heterocycles. The van der Waals surface area contributed by atoms with Gasteiger partial charge in [-0.1, -0.05) is 11.8 Å². The van der Waals surface area contributed by atoms with Gasteiger partial charge in [0.25, 0.3) is 0 Å². The van der Waals surface area contributed by atoms with Crippen LogP contribution in [0.1, 0.15) is 68.4 Å². The number of hydrogen-bond donors (Lipinski definition) is 1. The van der Waals surface area contributed by atoms with Gasteiger partial charge in [-0.25, -0.2) is 4.79 Å². The third-order valence-corrected chi connectivity index (χ3v) is 5.37. The minimum absolute atomic E-state index is 0.0897. The van der Waals surface area contributed by atoms with Gasteiger partial charge in [0.1, 0.15) is 10.9 Å². The van der Waals surface area contributed by atoms with Crippen LogP contribution in [0.3, 0.4) is 0 Å². The first kappa shape index (κ1) is 21.3. The maximum atomic E-state index is 12.9. The fourth-order valence-electron chi connectivity index (χ4n) is 2.95. The summed E-state index contributed by atoms with van der Waals surface area (Å²) >= 11 is 1.30. The highest BCUT2D eigenvalue weighted by Crippen LogP contribution is 2.30. The fraction of sp³-hybridized carbons (Fsp3) is 0.619. The first-order valence-electron chi connectivity index (χ1n) is 9.44. The molecule has 0 bridgehead atoms. The van der Waals surface area contributed by atoms with Crippen LogP contribution in [0, 0.1) is 17.3 Å². The number of ether oxygens (including phenoxy) is 1. The molecule has 1 fully saturated rings. The van der Waals surface area contributed by atoms with Crippen LogP contribution in [-0.2, 0) is 9.53 Å². The van der Waals surface area contributed by atoms with E-state index < -0.39 is 5.97 Å². The summed E-state index contributed by atoms with van der Waals surface area (Å²) in [4.78, 5) is 28.3. The average molecular weight is 391 g/mol. The molecule has 1 saturated heterocycles. The Kier molecular flexibility index (Phi) is 6.94. The van der Waals surface area contributed by atoms with Crippen LogP contribution in [0.25, 0.3) is 0 Å². The van der Waals surface area contributed by atoms with Crippen LogP contribution in [0.5, 0.6) is 0 Å². The third-order valence-electron chi connectivity index (χ3n) is 4.34. The number of likely N-dealkylation sites (tertiary alicyclic amines) is 1. The monoisotopic (exact) mass is 390 g/mol. The molecule has 1 aliphatic rings. The van der Waals surface area contributed by atoms with E-state index in [0.29, 0.717) is 10.6 Å². The highest BCUT2D eigenvalue weighted by molar-refractivity contribution is 7.15. The van der Waals surface area contributed by atoms with Gasteiger partial charge in [0.05, 0.1) is 17.7 Å². The summed E-state index contributed by atoms with van der Waals surface area (Å²) in [6, 6.07) is 1.68. The first-order valence-corrected chi connectivity index (χ1v) is 10.3. The Morgan fingerprint density at radius 2 is 2.07 bits per heavy atom. The number of nitrogens with one attached hydrogen (secondary N) is 1. The van der Waals surface area contributed by atoms with Gasteiger partial charge in [-0.2, -0.15) is 0 Å². The molecule has 1 atom stereocenters. The van der Waals surface area contributed by atoms with Crippen molar-refractivity contribution in [2.24, 2.45) is 5.41 Å². The predicted octanol–water partition coefficient (Wildman–Crippen LogP) is 4.13. The summed E-state index contributed by atoms with van der Waals surface area (Å²) in [5.41, 5.74) is 0.506. The second-order valence-corrected chi connectivity index (χ2v) is 9.22. The molecule has 0 aromatic carbocycles. The lowest BCUT2D eigenvalue weighted by molar-refractivity contribution is -0.133. The number of carbonyl (C=O) groups is 2. The van der Waals surface area contributed by atoms with Crippen molar-refractivity contribution in [3.63, 3.8) is 0 Å². The van der Waals surface area contributed by atoms with E-state index >= 15 is 0 Å². The second-order valence-electron chi connectivity index (χ2n) is 8.16. The average Bonchev–Trinajstić information content (AvgIpc) is 2.90.